The number of non-ortho nitro benzene ring substituents is 1. The molecule has 1 aromatic rings. The Labute approximate surface area is 128 Å². The van der Waals surface area contributed by atoms with Crippen molar-refractivity contribution in [2.75, 3.05) is 6.61 Å². The first-order valence-electron chi connectivity index (χ1n) is 6.13. The van der Waals surface area contributed by atoms with Crippen LogP contribution in [0.3, 0.4) is 0 Å². The fourth-order valence-electron chi connectivity index (χ4n) is 1.57. The molecule has 1 rings (SSSR count). The molecule has 0 heterocycles. The maximum atomic E-state index is 11.5. The van der Waals surface area contributed by atoms with Crippen molar-refractivity contribution < 1.29 is 29.0 Å². The predicted molar refractivity (Wildman–Crippen MR) is 73.1 cm³/mol. The third kappa shape index (κ3) is 4.09. The van der Waals surface area contributed by atoms with Crippen molar-refractivity contribution in [1.29, 1.82) is 0 Å². The molecule has 0 radical (unpaired) electrons. The summed E-state index contributed by atoms with van der Waals surface area (Å²) >= 11 is 0. The van der Waals surface area contributed by atoms with E-state index in [-0.39, 0.29) is 6.61 Å². The first kappa shape index (κ1) is 17.7. The van der Waals surface area contributed by atoms with Crippen molar-refractivity contribution in [3.8, 4) is 5.75 Å². The van der Waals surface area contributed by atoms with Gasteiger partial charge in [0, 0.05) is 0 Å². The van der Waals surface area contributed by atoms with Crippen molar-refractivity contribution in [2.45, 2.75) is 20.0 Å². The molecule has 0 bridgehead atoms. The van der Waals surface area contributed by atoms with Crippen molar-refractivity contribution in [1.82, 2.24) is 0 Å². The Morgan fingerprint density at radius 2 is 1.57 bits per heavy atom. The molecule has 0 amide bonds. The highest BCUT2D eigenvalue weighted by atomic mass is 16.6. The standard InChI is InChI=1S/C11H11N3O9/c1-3-22-11(15)6(2)23-10-8(13(18)19)4-7(12(16)17)5-9(10)14(20)21/h4-6H,3H2,1-2H3. The number of nitrogens with zero attached hydrogens (tertiary/aromatic N) is 3. The van der Waals surface area contributed by atoms with Crippen LogP contribution in [0.5, 0.6) is 5.75 Å². The summed E-state index contributed by atoms with van der Waals surface area (Å²) in [4.78, 5) is 41.1. The Balaban J connectivity index is 3.43. The van der Waals surface area contributed by atoms with Crippen LogP contribution in [0.25, 0.3) is 0 Å². The molecule has 0 saturated heterocycles. The molecule has 12 nitrogen and oxygen atoms in total. The summed E-state index contributed by atoms with van der Waals surface area (Å²) < 4.78 is 9.59. The average molecular weight is 329 g/mol. The summed E-state index contributed by atoms with van der Waals surface area (Å²) in [5.74, 6) is -1.75. The Morgan fingerprint density at radius 3 is 1.91 bits per heavy atom. The fraction of sp³-hybridized carbons (Fsp3) is 0.364. The van der Waals surface area contributed by atoms with Gasteiger partial charge in [0.25, 0.3) is 11.4 Å². The summed E-state index contributed by atoms with van der Waals surface area (Å²) in [6.45, 7) is 2.70. The molecule has 0 spiro atoms. The number of carbonyl (C=O) groups is 1. The molecular weight excluding hydrogens is 318 g/mol. The zero-order valence-corrected chi connectivity index (χ0v) is 12.0. The Bertz CT molecular complexity index is 638. The highest BCUT2D eigenvalue weighted by molar-refractivity contribution is 5.75. The van der Waals surface area contributed by atoms with Gasteiger partial charge in [0.15, 0.2) is 6.10 Å². The van der Waals surface area contributed by atoms with E-state index in [0.29, 0.717) is 12.1 Å². The highest BCUT2D eigenvalue weighted by Gasteiger charge is 2.34. The van der Waals surface area contributed by atoms with Crippen LogP contribution in [-0.2, 0) is 9.53 Å². The predicted octanol–water partition coefficient (Wildman–Crippen LogP) is 1.74. The Kier molecular flexibility index (Phi) is 5.48. The lowest BCUT2D eigenvalue weighted by Crippen LogP contribution is -2.26. The molecule has 0 aliphatic rings. The number of esters is 1. The molecule has 23 heavy (non-hydrogen) atoms. The summed E-state index contributed by atoms with van der Waals surface area (Å²) in [5, 5.41) is 32.7. The molecule has 124 valence electrons. The fourth-order valence-corrected chi connectivity index (χ4v) is 1.57. The van der Waals surface area contributed by atoms with E-state index in [2.05, 4.69) is 4.74 Å². The number of benzene rings is 1. The van der Waals surface area contributed by atoms with Crippen LogP contribution in [0.1, 0.15) is 13.8 Å². The number of nitro benzene ring substituents is 3. The van der Waals surface area contributed by atoms with Crippen LogP contribution in [0.2, 0.25) is 0 Å². The van der Waals surface area contributed by atoms with Crippen molar-refractivity contribution in [3.05, 3.63) is 42.5 Å². The maximum absolute atomic E-state index is 11.5. The van der Waals surface area contributed by atoms with Gasteiger partial charge in [-0.1, -0.05) is 0 Å². The average Bonchev–Trinajstić information content (AvgIpc) is 2.46. The van der Waals surface area contributed by atoms with Crippen LogP contribution in [-0.4, -0.2) is 33.5 Å². The van der Waals surface area contributed by atoms with Crippen LogP contribution >= 0.6 is 0 Å². The second-order valence-electron chi connectivity index (χ2n) is 4.10. The number of carbonyl (C=O) groups excluding carboxylic acids is 1. The van der Waals surface area contributed by atoms with E-state index in [9.17, 15) is 35.1 Å². The molecule has 0 N–H and O–H groups in total. The van der Waals surface area contributed by atoms with E-state index < -0.39 is 49.7 Å². The maximum Gasteiger partial charge on any atom is 0.347 e. The number of hydrogen-bond acceptors (Lipinski definition) is 9. The smallest absolute Gasteiger partial charge is 0.347 e. The third-order valence-corrected chi connectivity index (χ3v) is 2.55. The molecular formula is C11H11N3O9. The van der Waals surface area contributed by atoms with Gasteiger partial charge in [0.05, 0.1) is 33.5 Å². The number of ether oxygens (including phenoxy) is 2. The second kappa shape index (κ2) is 7.11. The topological polar surface area (TPSA) is 165 Å². The molecule has 0 fully saturated rings. The minimum atomic E-state index is -1.38. The normalized spacial score (nSPS) is 11.4. The van der Waals surface area contributed by atoms with Gasteiger partial charge in [-0.25, -0.2) is 4.79 Å². The summed E-state index contributed by atoms with van der Waals surface area (Å²) in [6.07, 6.45) is -1.38. The number of hydrogen-bond donors (Lipinski definition) is 0. The van der Waals surface area contributed by atoms with E-state index >= 15 is 0 Å². The third-order valence-electron chi connectivity index (χ3n) is 2.55. The van der Waals surface area contributed by atoms with Crippen LogP contribution in [0.4, 0.5) is 17.1 Å². The molecule has 1 atom stereocenters. The largest absolute Gasteiger partial charge is 0.467 e. The number of nitro groups is 3. The van der Waals surface area contributed by atoms with Crippen molar-refractivity contribution in [3.63, 3.8) is 0 Å². The number of rotatable bonds is 7. The molecule has 0 aliphatic heterocycles. The van der Waals surface area contributed by atoms with Crippen molar-refractivity contribution in [2.24, 2.45) is 0 Å². The van der Waals surface area contributed by atoms with E-state index in [1.807, 2.05) is 0 Å². The monoisotopic (exact) mass is 329 g/mol. The molecule has 0 aliphatic carbocycles. The summed E-state index contributed by atoms with van der Waals surface area (Å²) in [5.41, 5.74) is -2.84. The molecule has 1 aromatic carbocycles. The van der Waals surface area contributed by atoms with Gasteiger partial charge in [0.2, 0.25) is 0 Å². The van der Waals surface area contributed by atoms with Gasteiger partial charge in [-0.15, -0.1) is 0 Å². The highest BCUT2D eigenvalue weighted by Crippen LogP contribution is 2.41. The van der Waals surface area contributed by atoms with E-state index in [1.54, 1.807) is 0 Å². The lowest BCUT2D eigenvalue weighted by atomic mass is 10.2. The van der Waals surface area contributed by atoms with Gasteiger partial charge in [-0.3, -0.25) is 30.3 Å². The Hall–Kier alpha value is -3.31. The lowest BCUT2D eigenvalue weighted by Gasteiger charge is -2.13. The zero-order valence-electron chi connectivity index (χ0n) is 12.0. The van der Waals surface area contributed by atoms with Crippen LogP contribution in [0.15, 0.2) is 12.1 Å². The van der Waals surface area contributed by atoms with E-state index in [1.165, 1.54) is 13.8 Å². The first-order chi connectivity index (χ1) is 10.7. The zero-order chi connectivity index (χ0) is 17.7. The molecule has 12 heteroatoms. The van der Waals surface area contributed by atoms with E-state index in [0.717, 1.165) is 0 Å². The van der Waals surface area contributed by atoms with E-state index in [4.69, 9.17) is 4.74 Å². The second-order valence-corrected chi connectivity index (χ2v) is 4.10. The van der Waals surface area contributed by atoms with Gasteiger partial charge in [-0.05, 0) is 13.8 Å². The van der Waals surface area contributed by atoms with Crippen molar-refractivity contribution >= 4 is 23.0 Å². The van der Waals surface area contributed by atoms with Gasteiger partial charge in [-0.2, -0.15) is 0 Å². The van der Waals surface area contributed by atoms with Gasteiger partial charge < -0.3 is 9.47 Å². The first-order valence-corrected chi connectivity index (χ1v) is 6.13. The minimum Gasteiger partial charge on any atom is -0.467 e. The molecule has 1 unspecified atom stereocenters. The summed E-state index contributed by atoms with van der Waals surface area (Å²) in [7, 11) is 0. The van der Waals surface area contributed by atoms with Crippen LogP contribution < -0.4 is 4.74 Å². The Morgan fingerprint density at radius 1 is 1.09 bits per heavy atom. The van der Waals surface area contributed by atoms with Crippen LogP contribution in [0, 0.1) is 30.3 Å². The summed E-state index contributed by atoms with van der Waals surface area (Å²) in [6, 6.07) is 1.03. The minimum absolute atomic E-state index is 0.0109. The SMILES string of the molecule is CCOC(=O)C(C)Oc1c([N+](=O)[O-])cc([N+](=O)[O-])cc1[N+](=O)[O-]. The molecule has 0 aromatic heterocycles. The molecule has 0 saturated carbocycles. The lowest BCUT2D eigenvalue weighted by molar-refractivity contribution is -0.404. The van der Waals surface area contributed by atoms with Gasteiger partial charge in [0.1, 0.15) is 0 Å². The quantitative estimate of drug-likeness (QED) is 0.411. The van der Waals surface area contributed by atoms with Gasteiger partial charge >= 0.3 is 17.3 Å².